The van der Waals surface area contributed by atoms with Crippen molar-refractivity contribution < 1.29 is 4.74 Å². The summed E-state index contributed by atoms with van der Waals surface area (Å²) < 4.78 is 7.72. The molecule has 0 spiro atoms. The summed E-state index contributed by atoms with van der Waals surface area (Å²) >= 11 is 15.3. The fourth-order valence-corrected chi connectivity index (χ4v) is 5.54. The molecule has 1 aliphatic rings. The molecule has 3 aromatic heterocycles. The summed E-state index contributed by atoms with van der Waals surface area (Å²) in [6, 6.07) is 9.31. The van der Waals surface area contributed by atoms with E-state index in [0.717, 1.165) is 39.1 Å². The molecule has 0 unspecified atom stereocenters. The predicted octanol–water partition coefficient (Wildman–Crippen LogP) is 4.77. The van der Waals surface area contributed by atoms with Crippen molar-refractivity contribution >= 4 is 61.2 Å². The van der Waals surface area contributed by atoms with Gasteiger partial charge in [0.25, 0.3) is 5.56 Å². The van der Waals surface area contributed by atoms with E-state index in [1.807, 2.05) is 23.6 Å². The fraction of sp³-hybridized carbons (Fsp3) is 0.250. The summed E-state index contributed by atoms with van der Waals surface area (Å²) in [5.41, 5.74) is 1.85. The van der Waals surface area contributed by atoms with E-state index in [9.17, 15) is 4.79 Å². The molecular formula is C20H16Cl2N4O2S2. The molecular weight excluding hydrogens is 463 g/mol. The number of ether oxygens (including phenoxy) is 1. The van der Waals surface area contributed by atoms with E-state index in [2.05, 4.69) is 4.90 Å². The van der Waals surface area contributed by atoms with E-state index in [4.69, 9.17) is 38.0 Å². The van der Waals surface area contributed by atoms with Crippen molar-refractivity contribution in [2.75, 3.05) is 31.2 Å². The van der Waals surface area contributed by atoms with Gasteiger partial charge < -0.3 is 9.64 Å². The second-order valence-electron chi connectivity index (χ2n) is 6.81. The largest absolute Gasteiger partial charge is 0.378 e. The van der Waals surface area contributed by atoms with Crippen LogP contribution >= 0.6 is 45.9 Å². The van der Waals surface area contributed by atoms with Crippen molar-refractivity contribution in [1.29, 1.82) is 0 Å². The van der Waals surface area contributed by atoms with Gasteiger partial charge in [0.15, 0.2) is 10.6 Å². The first-order valence-electron chi connectivity index (χ1n) is 9.32. The maximum atomic E-state index is 13.2. The molecule has 5 rings (SSSR count). The van der Waals surface area contributed by atoms with Crippen LogP contribution in [0, 0.1) is 0 Å². The number of halogens is 2. The van der Waals surface area contributed by atoms with Gasteiger partial charge in [-0.15, -0.1) is 11.3 Å². The van der Waals surface area contributed by atoms with Crippen molar-refractivity contribution in [3.8, 4) is 10.6 Å². The summed E-state index contributed by atoms with van der Waals surface area (Å²) in [6.07, 6.45) is 0. The Balaban J connectivity index is 1.64. The number of thiophene rings is 1. The van der Waals surface area contributed by atoms with E-state index < -0.39 is 0 Å². The molecule has 154 valence electrons. The molecule has 0 saturated carbocycles. The SMILES string of the molecule is O=c1c2nc(N3CCOCC3)sc2c(-c2cccs2)nn1Cc1ccc(Cl)c(Cl)c1. The number of aromatic nitrogens is 3. The molecule has 0 amide bonds. The second-order valence-corrected chi connectivity index (χ2v) is 9.55. The number of rotatable bonds is 4. The average Bonchev–Trinajstić information content (AvgIpc) is 3.44. The zero-order valence-electron chi connectivity index (χ0n) is 15.7. The second kappa shape index (κ2) is 8.28. The summed E-state index contributed by atoms with van der Waals surface area (Å²) in [7, 11) is 0. The van der Waals surface area contributed by atoms with Gasteiger partial charge in [0, 0.05) is 13.1 Å². The monoisotopic (exact) mass is 478 g/mol. The zero-order chi connectivity index (χ0) is 20.7. The third-order valence-electron chi connectivity index (χ3n) is 4.84. The molecule has 1 saturated heterocycles. The van der Waals surface area contributed by atoms with E-state index in [1.165, 1.54) is 16.0 Å². The predicted molar refractivity (Wildman–Crippen MR) is 124 cm³/mol. The molecule has 1 aromatic carbocycles. The number of benzene rings is 1. The summed E-state index contributed by atoms with van der Waals surface area (Å²) in [6.45, 7) is 3.13. The molecule has 6 nitrogen and oxygen atoms in total. The van der Waals surface area contributed by atoms with Crippen LogP contribution in [-0.4, -0.2) is 41.1 Å². The first kappa shape index (κ1) is 20.0. The number of nitrogens with zero attached hydrogens (tertiary/aromatic N) is 4. The molecule has 0 atom stereocenters. The molecule has 4 heterocycles. The highest BCUT2D eigenvalue weighted by molar-refractivity contribution is 7.23. The van der Waals surface area contributed by atoms with Gasteiger partial charge in [0.1, 0.15) is 5.69 Å². The minimum atomic E-state index is -0.216. The topological polar surface area (TPSA) is 60.3 Å². The molecule has 1 aliphatic heterocycles. The maximum absolute atomic E-state index is 13.2. The Morgan fingerprint density at radius 3 is 2.70 bits per heavy atom. The number of hydrogen-bond donors (Lipinski definition) is 0. The lowest BCUT2D eigenvalue weighted by Gasteiger charge is -2.25. The standard InChI is InChI=1S/C20H16Cl2N4O2S2/c21-13-4-3-12(10-14(13)22)11-26-19(27)17-18(16(24-26)15-2-1-9-29-15)30-20(23-17)25-5-7-28-8-6-25/h1-4,9-10H,5-8,11H2. The number of fused-ring (bicyclic) bond motifs is 1. The van der Waals surface area contributed by atoms with Gasteiger partial charge in [-0.25, -0.2) is 9.67 Å². The van der Waals surface area contributed by atoms with Crippen LogP contribution < -0.4 is 10.5 Å². The molecule has 10 heteroatoms. The summed E-state index contributed by atoms with van der Waals surface area (Å²) in [5, 5.41) is 8.47. The van der Waals surface area contributed by atoms with E-state index in [0.29, 0.717) is 28.8 Å². The fourth-order valence-electron chi connectivity index (χ4n) is 3.33. The zero-order valence-corrected chi connectivity index (χ0v) is 18.8. The Kier molecular flexibility index (Phi) is 5.51. The Morgan fingerprint density at radius 1 is 1.13 bits per heavy atom. The molecule has 1 fully saturated rings. The van der Waals surface area contributed by atoms with Crippen LogP contribution in [-0.2, 0) is 11.3 Å². The maximum Gasteiger partial charge on any atom is 0.294 e. The highest BCUT2D eigenvalue weighted by Crippen LogP contribution is 2.35. The normalized spacial score (nSPS) is 14.5. The van der Waals surface area contributed by atoms with Crippen LogP contribution in [0.4, 0.5) is 5.13 Å². The molecule has 0 radical (unpaired) electrons. The molecule has 0 bridgehead atoms. The van der Waals surface area contributed by atoms with Gasteiger partial charge in [-0.3, -0.25) is 4.79 Å². The number of thiazole rings is 1. The smallest absolute Gasteiger partial charge is 0.294 e. The number of hydrogen-bond acceptors (Lipinski definition) is 7. The van der Waals surface area contributed by atoms with Crippen LogP contribution in [0.25, 0.3) is 20.8 Å². The van der Waals surface area contributed by atoms with Crippen molar-refractivity contribution in [2.45, 2.75) is 6.54 Å². The number of anilines is 1. The van der Waals surface area contributed by atoms with Gasteiger partial charge >= 0.3 is 0 Å². The Morgan fingerprint density at radius 2 is 1.97 bits per heavy atom. The highest BCUT2D eigenvalue weighted by atomic mass is 35.5. The van der Waals surface area contributed by atoms with Gasteiger partial charge in [0.2, 0.25) is 0 Å². The van der Waals surface area contributed by atoms with Crippen LogP contribution in [0.15, 0.2) is 40.5 Å². The third kappa shape index (κ3) is 3.74. The van der Waals surface area contributed by atoms with Crippen LogP contribution in [0.3, 0.4) is 0 Å². The van der Waals surface area contributed by atoms with E-state index in [-0.39, 0.29) is 12.1 Å². The third-order valence-corrected chi connectivity index (χ3v) is 7.58. The van der Waals surface area contributed by atoms with Crippen molar-refractivity contribution in [3.05, 3.63) is 61.7 Å². The minimum Gasteiger partial charge on any atom is -0.378 e. The molecule has 30 heavy (non-hydrogen) atoms. The summed E-state index contributed by atoms with van der Waals surface area (Å²) in [5.74, 6) is 0. The minimum absolute atomic E-state index is 0.216. The average molecular weight is 479 g/mol. The van der Waals surface area contributed by atoms with Crippen molar-refractivity contribution in [3.63, 3.8) is 0 Å². The Hall–Kier alpha value is -1.97. The Bertz CT molecular complexity index is 1260. The van der Waals surface area contributed by atoms with Gasteiger partial charge in [0.05, 0.1) is 39.4 Å². The van der Waals surface area contributed by atoms with Crippen LogP contribution in [0.1, 0.15) is 5.56 Å². The van der Waals surface area contributed by atoms with Gasteiger partial charge in [-0.1, -0.05) is 46.7 Å². The Labute approximate surface area is 190 Å². The lowest BCUT2D eigenvalue weighted by Crippen LogP contribution is -2.36. The van der Waals surface area contributed by atoms with Crippen LogP contribution in [0.5, 0.6) is 0 Å². The first-order valence-corrected chi connectivity index (χ1v) is 11.8. The number of morpholine rings is 1. The van der Waals surface area contributed by atoms with E-state index in [1.54, 1.807) is 23.5 Å². The lowest BCUT2D eigenvalue weighted by molar-refractivity contribution is 0.122. The summed E-state index contributed by atoms with van der Waals surface area (Å²) in [4.78, 5) is 21.1. The molecule has 0 N–H and O–H groups in total. The van der Waals surface area contributed by atoms with E-state index >= 15 is 0 Å². The molecule has 0 aliphatic carbocycles. The van der Waals surface area contributed by atoms with Crippen molar-refractivity contribution in [1.82, 2.24) is 14.8 Å². The lowest BCUT2D eigenvalue weighted by atomic mass is 10.2. The highest BCUT2D eigenvalue weighted by Gasteiger charge is 2.22. The van der Waals surface area contributed by atoms with Crippen molar-refractivity contribution in [2.24, 2.45) is 0 Å². The van der Waals surface area contributed by atoms with Crippen LogP contribution in [0.2, 0.25) is 10.0 Å². The molecule has 4 aromatic rings. The quantitative estimate of drug-likeness (QED) is 0.422. The van der Waals surface area contributed by atoms with Gasteiger partial charge in [-0.2, -0.15) is 5.10 Å². The van der Waals surface area contributed by atoms with Gasteiger partial charge in [-0.05, 0) is 29.1 Å². The first-order chi connectivity index (χ1) is 14.6.